The summed E-state index contributed by atoms with van der Waals surface area (Å²) in [6.07, 6.45) is 0. The van der Waals surface area contributed by atoms with Crippen molar-refractivity contribution in [3.63, 3.8) is 0 Å². The second-order valence-electron chi connectivity index (χ2n) is 4.79. The topological polar surface area (TPSA) is 127 Å². The summed E-state index contributed by atoms with van der Waals surface area (Å²) in [7, 11) is 0. The van der Waals surface area contributed by atoms with Gasteiger partial charge in [0.25, 0.3) is 5.69 Å². The number of hydrogen-bond donors (Lipinski definition) is 0. The molecule has 1 fully saturated rings. The van der Waals surface area contributed by atoms with E-state index in [0.29, 0.717) is 15.4 Å². The smallest absolute Gasteiger partial charge is 0.335 e. The number of nitro benzene ring substituents is 1. The van der Waals surface area contributed by atoms with Crippen LogP contribution < -0.4 is 0 Å². The van der Waals surface area contributed by atoms with E-state index in [-0.39, 0.29) is 18.8 Å². The first-order chi connectivity index (χ1) is 11.3. The summed E-state index contributed by atoms with van der Waals surface area (Å²) in [6, 6.07) is 4.25. The molecule has 0 spiro atoms. The van der Waals surface area contributed by atoms with Crippen LogP contribution in [0.5, 0.6) is 0 Å². The normalized spacial score (nSPS) is 14.3. The van der Waals surface area contributed by atoms with E-state index in [1.54, 1.807) is 6.92 Å². The van der Waals surface area contributed by atoms with Crippen LogP contribution in [0.1, 0.15) is 12.5 Å². The second kappa shape index (κ2) is 6.86. The molecule has 0 atom stereocenters. The number of non-ortho nitro benzene ring substituents is 1. The molecular formula is C14H13N3O7. The van der Waals surface area contributed by atoms with Gasteiger partial charge in [0.1, 0.15) is 6.54 Å². The molecule has 1 aliphatic heterocycles. The van der Waals surface area contributed by atoms with Crippen molar-refractivity contribution < 1.29 is 28.8 Å². The summed E-state index contributed by atoms with van der Waals surface area (Å²) in [6.45, 7) is 0.766. The highest BCUT2D eigenvalue weighted by Gasteiger charge is 2.45. The molecule has 2 rings (SSSR count). The number of esters is 1. The molecule has 0 aromatic heterocycles. The van der Waals surface area contributed by atoms with Crippen molar-refractivity contribution in [3.8, 4) is 0 Å². The fourth-order valence-corrected chi connectivity index (χ4v) is 2.07. The largest absolute Gasteiger partial charge is 0.465 e. The number of ether oxygens (including phenoxy) is 1. The maximum atomic E-state index is 12.1. The Morgan fingerprint density at radius 2 is 1.71 bits per heavy atom. The Labute approximate surface area is 135 Å². The third-order valence-electron chi connectivity index (χ3n) is 3.22. The van der Waals surface area contributed by atoms with Crippen molar-refractivity contribution in [2.45, 2.75) is 13.5 Å². The molecule has 1 aromatic carbocycles. The predicted molar refractivity (Wildman–Crippen MR) is 77.4 cm³/mol. The van der Waals surface area contributed by atoms with Gasteiger partial charge in [-0.25, -0.2) is 9.69 Å². The molecule has 1 aromatic rings. The Bertz CT molecular complexity index is 714. The van der Waals surface area contributed by atoms with Gasteiger partial charge in [-0.05, 0) is 12.5 Å². The van der Waals surface area contributed by atoms with E-state index < -0.39 is 35.3 Å². The molecule has 0 bridgehead atoms. The van der Waals surface area contributed by atoms with Crippen LogP contribution in [0.15, 0.2) is 24.3 Å². The monoisotopic (exact) mass is 335 g/mol. The fraction of sp³-hybridized carbons (Fsp3) is 0.286. The minimum atomic E-state index is -1.12. The quantitative estimate of drug-likeness (QED) is 0.243. The van der Waals surface area contributed by atoms with Crippen molar-refractivity contribution in [2.75, 3.05) is 13.2 Å². The Balaban J connectivity index is 2.11. The van der Waals surface area contributed by atoms with Gasteiger partial charge in [0.2, 0.25) is 0 Å². The first-order valence-electron chi connectivity index (χ1n) is 6.91. The molecule has 24 heavy (non-hydrogen) atoms. The van der Waals surface area contributed by atoms with Crippen LogP contribution in [-0.2, 0) is 25.7 Å². The van der Waals surface area contributed by atoms with Gasteiger partial charge in [-0.15, -0.1) is 0 Å². The SMILES string of the molecule is CCOC(=O)CN1C(=O)C(=O)N(Cc2ccc([N+](=O)[O-])cc2)C1=O. The lowest BCUT2D eigenvalue weighted by atomic mass is 10.2. The highest BCUT2D eigenvalue weighted by Crippen LogP contribution is 2.18. The Morgan fingerprint density at radius 1 is 1.12 bits per heavy atom. The van der Waals surface area contributed by atoms with Gasteiger partial charge in [0.15, 0.2) is 0 Å². The number of rotatable bonds is 6. The number of nitrogens with zero attached hydrogens (tertiary/aromatic N) is 3. The van der Waals surface area contributed by atoms with Crippen LogP contribution in [0.4, 0.5) is 10.5 Å². The molecular weight excluding hydrogens is 322 g/mol. The predicted octanol–water partition coefficient (Wildman–Crippen LogP) is 0.449. The van der Waals surface area contributed by atoms with Crippen LogP contribution >= 0.6 is 0 Å². The van der Waals surface area contributed by atoms with Gasteiger partial charge in [-0.1, -0.05) is 12.1 Å². The van der Waals surface area contributed by atoms with E-state index in [1.807, 2.05) is 0 Å². The molecule has 1 heterocycles. The minimum Gasteiger partial charge on any atom is -0.465 e. The standard InChI is InChI=1S/C14H13N3O7/c1-2-24-11(18)8-16-13(20)12(19)15(14(16)21)7-9-3-5-10(6-4-9)17(22)23/h3-6H,2,7-8H2,1H3. The lowest BCUT2D eigenvalue weighted by molar-refractivity contribution is -0.384. The molecule has 0 saturated carbocycles. The lowest BCUT2D eigenvalue weighted by Gasteiger charge is -2.14. The van der Waals surface area contributed by atoms with E-state index in [1.165, 1.54) is 24.3 Å². The first kappa shape index (κ1) is 17.1. The van der Waals surface area contributed by atoms with Crippen molar-refractivity contribution >= 4 is 29.5 Å². The van der Waals surface area contributed by atoms with Crippen LogP contribution in [0, 0.1) is 10.1 Å². The van der Waals surface area contributed by atoms with E-state index in [0.717, 1.165) is 0 Å². The molecule has 10 heteroatoms. The van der Waals surface area contributed by atoms with Crippen molar-refractivity contribution in [3.05, 3.63) is 39.9 Å². The van der Waals surface area contributed by atoms with Gasteiger partial charge < -0.3 is 4.74 Å². The van der Waals surface area contributed by atoms with Crippen LogP contribution in [-0.4, -0.2) is 51.7 Å². The van der Waals surface area contributed by atoms with Gasteiger partial charge in [-0.3, -0.25) is 29.4 Å². The average Bonchev–Trinajstić information content (AvgIpc) is 2.73. The van der Waals surface area contributed by atoms with Gasteiger partial charge in [0, 0.05) is 12.1 Å². The molecule has 0 aliphatic carbocycles. The summed E-state index contributed by atoms with van der Waals surface area (Å²) in [5.41, 5.74) is 0.283. The Morgan fingerprint density at radius 3 is 2.25 bits per heavy atom. The number of nitro groups is 1. The molecule has 10 nitrogen and oxygen atoms in total. The molecule has 1 aliphatic rings. The van der Waals surface area contributed by atoms with E-state index in [4.69, 9.17) is 0 Å². The molecule has 0 unspecified atom stereocenters. The number of carbonyl (C=O) groups is 4. The fourth-order valence-electron chi connectivity index (χ4n) is 2.07. The Hall–Kier alpha value is -3.30. The number of benzene rings is 1. The summed E-state index contributed by atoms with van der Waals surface area (Å²) in [4.78, 5) is 58.4. The summed E-state index contributed by atoms with van der Waals surface area (Å²) in [5, 5.41) is 10.6. The number of amides is 4. The highest BCUT2D eigenvalue weighted by molar-refractivity contribution is 6.44. The summed E-state index contributed by atoms with van der Waals surface area (Å²) >= 11 is 0. The number of carbonyl (C=O) groups excluding carboxylic acids is 4. The second-order valence-corrected chi connectivity index (χ2v) is 4.79. The van der Waals surface area contributed by atoms with Crippen molar-refractivity contribution in [1.29, 1.82) is 0 Å². The first-order valence-corrected chi connectivity index (χ1v) is 6.91. The van der Waals surface area contributed by atoms with Crippen molar-refractivity contribution in [1.82, 2.24) is 9.80 Å². The van der Waals surface area contributed by atoms with E-state index in [9.17, 15) is 29.3 Å². The van der Waals surface area contributed by atoms with Crippen LogP contribution in [0.3, 0.4) is 0 Å². The number of urea groups is 1. The average molecular weight is 335 g/mol. The third kappa shape index (κ3) is 3.37. The van der Waals surface area contributed by atoms with Crippen molar-refractivity contribution in [2.24, 2.45) is 0 Å². The van der Waals surface area contributed by atoms with E-state index >= 15 is 0 Å². The summed E-state index contributed by atoms with van der Waals surface area (Å²) < 4.78 is 4.65. The zero-order valence-corrected chi connectivity index (χ0v) is 12.6. The molecule has 0 N–H and O–H groups in total. The molecule has 126 valence electrons. The zero-order valence-electron chi connectivity index (χ0n) is 12.6. The number of hydrogen-bond acceptors (Lipinski definition) is 7. The molecule has 0 radical (unpaired) electrons. The summed E-state index contributed by atoms with van der Waals surface area (Å²) in [5.74, 6) is -2.98. The van der Waals surface area contributed by atoms with Crippen LogP contribution in [0.25, 0.3) is 0 Å². The van der Waals surface area contributed by atoms with Crippen LogP contribution in [0.2, 0.25) is 0 Å². The molecule has 4 amide bonds. The van der Waals surface area contributed by atoms with Gasteiger partial charge in [-0.2, -0.15) is 0 Å². The van der Waals surface area contributed by atoms with Gasteiger partial charge in [0.05, 0.1) is 18.1 Å². The maximum Gasteiger partial charge on any atom is 0.335 e. The maximum absolute atomic E-state index is 12.1. The minimum absolute atomic E-state index is 0.0789. The Kier molecular flexibility index (Phi) is 4.87. The number of imide groups is 2. The lowest BCUT2D eigenvalue weighted by Crippen LogP contribution is -2.37. The molecule has 1 saturated heterocycles. The zero-order chi connectivity index (χ0) is 17.9. The van der Waals surface area contributed by atoms with Gasteiger partial charge >= 0.3 is 23.8 Å². The highest BCUT2D eigenvalue weighted by atomic mass is 16.6. The van der Waals surface area contributed by atoms with E-state index in [2.05, 4.69) is 4.74 Å². The third-order valence-corrected chi connectivity index (χ3v) is 3.22.